The third-order valence-corrected chi connectivity index (χ3v) is 4.31. The maximum Gasteiger partial charge on any atom is 0.357 e. The van der Waals surface area contributed by atoms with Gasteiger partial charge >= 0.3 is 5.97 Å². The zero-order chi connectivity index (χ0) is 17.5. The molecule has 0 aliphatic rings. The van der Waals surface area contributed by atoms with Gasteiger partial charge in [0.25, 0.3) is 0 Å². The van der Waals surface area contributed by atoms with E-state index in [1.165, 1.54) is 16.0 Å². The van der Waals surface area contributed by atoms with Crippen molar-refractivity contribution in [2.45, 2.75) is 19.8 Å². The molecule has 25 heavy (non-hydrogen) atoms. The van der Waals surface area contributed by atoms with Crippen LogP contribution >= 0.6 is 11.3 Å². The minimum atomic E-state index is -0.439. The molecule has 0 radical (unpaired) electrons. The zero-order valence-electron chi connectivity index (χ0n) is 13.8. The van der Waals surface area contributed by atoms with Crippen LogP contribution in [0.25, 0.3) is 23.2 Å². The number of unbranched alkanes of at least 4 members (excludes halogenated alkanes) is 1. The van der Waals surface area contributed by atoms with Gasteiger partial charge in [0, 0.05) is 10.4 Å². The van der Waals surface area contributed by atoms with Crippen LogP contribution in [-0.2, 0) is 9.53 Å². The maximum atomic E-state index is 12.6. The summed E-state index contributed by atoms with van der Waals surface area (Å²) < 4.78 is 6.82. The molecule has 0 unspecified atom stereocenters. The number of aromatic nitrogens is 4. The van der Waals surface area contributed by atoms with Crippen molar-refractivity contribution in [2.75, 3.05) is 6.61 Å². The molecule has 2 aromatic heterocycles. The topological polar surface area (TPSA) is 69.9 Å². The van der Waals surface area contributed by atoms with Crippen molar-refractivity contribution in [3.63, 3.8) is 0 Å². The summed E-state index contributed by atoms with van der Waals surface area (Å²) in [5.74, 6) is 0.0576. The van der Waals surface area contributed by atoms with Crippen LogP contribution in [0, 0.1) is 0 Å². The molecule has 128 valence electrons. The second-order valence-electron chi connectivity index (χ2n) is 5.31. The Hall–Kier alpha value is -2.80. The fourth-order valence-corrected chi connectivity index (χ4v) is 2.87. The average Bonchev–Trinajstić information content (AvgIpc) is 3.32. The SMILES string of the molecule is CCCCOC(=O)/C(=C/c1cccs1)n1nnnc1-c1ccccc1. The fourth-order valence-electron chi connectivity index (χ4n) is 2.21. The monoisotopic (exact) mass is 354 g/mol. The Morgan fingerprint density at radius 2 is 2.08 bits per heavy atom. The number of ether oxygens (including phenoxy) is 1. The Bertz CT molecular complexity index is 841. The van der Waals surface area contributed by atoms with Crippen molar-refractivity contribution in [3.8, 4) is 11.4 Å². The first-order chi connectivity index (χ1) is 12.3. The third-order valence-electron chi connectivity index (χ3n) is 3.49. The lowest BCUT2D eigenvalue weighted by molar-refractivity contribution is -0.137. The van der Waals surface area contributed by atoms with E-state index in [1.807, 2.05) is 54.8 Å². The predicted octanol–water partition coefficient (Wildman–Crippen LogP) is 3.74. The molecule has 0 N–H and O–H groups in total. The molecule has 0 amide bonds. The van der Waals surface area contributed by atoms with E-state index < -0.39 is 5.97 Å². The average molecular weight is 354 g/mol. The van der Waals surface area contributed by atoms with Gasteiger partial charge in [-0.1, -0.05) is 49.7 Å². The minimum absolute atomic E-state index is 0.294. The number of hydrogen-bond donors (Lipinski definition) is 0. The summed E-state index contributed by atoms with van der Waals surface area (Å²) in [6.45, 7) is 2.42. The number of rotatable bonds is 7. The van der Waals surface area contributed by atoms with Gasteiger partial charge in [-0.15, -0.1) is 16.4 Å². The predicted molar refractivity (Wildman–Crippen MR) is 97.6 cm³/mol. The molecule has 1 aromatic carbocycles. The molecule has 0 saturated heterocycles. The maximum absolute atomic E-state index is 12.6. The molecule has 3 rings (SSSR count). The van der Waals surface area contributed by atoms with Gasteiger partial charge in [-0.2, -0.15) is 4.68 Å². The van der Waals surface area contributed by atoms with E-state index in [0.29, 0.717) is 18.1 Å². The molecule has 0 saturated carbocycles. The van der Waals surface area contributed by atoms with Crippen LogP contribution in [0.2, 0.25) is 0 Å². The van der Waals surface area contributed by atoms with Crippen molar-refractivity contribution in [2.24, 2.45) is 0 Å². The number of carbonyl (C=O) groups is 1. The Morgan fingerprint density at radius 3 is 2.80 bits per heavy atom. The van der Waals surface area contributed by atoms with Crippen molar-refractivity contribution in [3.05, 3.63) is 52.7 Å². The van der Waals surface area contributed by atoms with Crippen LogP contribution in [0.4, 0.5) is 0 Å². The quantitative estimate of drug-likeness (QED) is 0.367. The first kappa shape index (κ1) is 17.0. The number of carbonyl (C=O) groups excluding carboxylic acids is 1. The first-order valence-corrected chi connectivity index (χ1v) is 8.94. The minimum Gasteiger partial charge on any atom is -0.461 e. The van der Waals surface area contributed by atoms with Gasteiger partial charge in [0.2, 0.25) is 0 Å². The largest absolute Gasteiger partial charge is 0.461 e. The van der Waals surface area contributed by atoms with E-state index >= 15 is 0 Å². The molecule has 6 nitrogen and oxygen atoms in total. The molecule has 0 spiro atoms. The second kappa shape index (κ2) is 8.34. The Kier molecular flexibility index (Phi) is 5.69. The summed E-state index contributed by atoms with van der Waals surface area (Å²) >= 11 is 1.53. The lowest BCUT2D eigenvalue weighted by Crippen LogP contribution is -2.15. The van der Waals surface area contributed by atoms with Crippen molar-refractivity contribution >= 4 is 29.1 Å². The zero-order valence-corrected chi connectivity index (χ0v) is 14.6. The highest BCUT2D eigenvalue weighted by Gasteiger charge is 2.20. The van der Waals surface area contributed by atoms with Crippen LogP contribution in [-0.4, -0.2) is 32.8 Å². The van der Waals surface area contributed by atoms with Crippen LogP contribution in [0.5, 0.6) is 0 Å². The van der Waals surface area contributed by atoms with E-state index in [2.05, 4.69) is 15.5 Å². The van der Waals surface area contributed by atoms with E-state index in [-0.39, 0.29) is 0 Å². The van der Waals surface area contributed by atoms with Gasteiger partial charge in [-0.25, -0.2) is 4.79 Å². The highest BCUT2D eigenvalue weighted by Crippen LogP contribution is 2.22. The van der Waals surface area contributed by atoms with Crippen LogP contribution in [0.3, 0.4) is 0 Å². The van der Waals surface area contributed by atoms with E-state index in [9.17, 15) is 4.79 Å². The van der Waals surface area contributed by atoms with Gasteiger partial charge in [0.15, 0.2) is 11.5 Å². The molecule has 0 aliphatic heterocycles. The lowest BCUT2D eigenvalue weighted by Gasteiger charge is -2.09. The van der Waals surface area contributed by atoms with E-state index in [1.54, 1.807) is 6.08 Å². The summed E-state index contributed by atoms with van der Waals surface area (Å²) in [6, 6.07) is 13.4. The highest BCUT2D eigenvalue weighted by atomic mass is 32.1. The molecule has 0 aliphatic carbocycles. The van der Waals surface area contributed by atoms with Gasteiger partial charge in [0.05, 0.1) is 6.61 Å². The number of benzene rings is 1. The summed E-state index contributed by atoms with van der Waals surface area (Å²) in [6.07, 6.45) is 3.53. The van der Waals surface area contributed by atoms with Gasteiger partial charge in [-0.05, 0) is 34.4 Å². The fraction of sp³-hybridized carbons (Fsp3) is 0.222. The standard InChI is InChI=1S/C18H18N4O2S/c1-2-3-11-24-18(23)16(13-15-10-7-12-25-15)22-17(19-20-21-22)14-8-5-4-6-9-14/h4-10,12-13H,2-3,11H2,1H3/b16-13-. The highest BCUT2D eigenvalue weighted by molar-refractivity contribution is 7.10. The van der Waals surface area contributed by atoms with Gasteiger partial charge < -0.3 is 4.74 Å². The first-order valence-electron chi connectivity index (χ1n) is 8.06. The molecular formula is C18H18N4O2S. The van der Waals surface area contributed by atoms with Crippen molar-refractivity contribution in [1.29, 1.82) is 0 Å². The smallest absolute Gasteiger partial charge is 0.357 e. The third kappa shape index (κ3) is 4.19. The Balaban J connectivity index is 1.98. The molecule has 2 heterocycles. The summed E-state index contributed by atoms with van der Waals surface area (Å²) in [5.41, 5.74) is 1.12. The summed E-state index contributed by atoms with van der Waals surface area (Å²) in [5, 5.41) is 13.8. The Labute approximate surface area is 149 Å². The number of esters is 1. The summed E-state index contributed by atoms with van der Waals surface area (Å²) in [7, 11) is 0. The van der Waals surface area contributed by atoms with Gasteiger partial charge in [0.1, 0.15) is 0 Å². The van der Waals surface area contributed by atoms with Crippen molar-refractivity contribution < 1.29 is 9.53 Å². The number of hydrogen-bond acceptors (Lipinski definition) is 6. The molecule has 7 heteroatoms. The van der Waals surface area contributed by atoms with Crippen LogP contribution in [0.15, 0.2) is 47.8 Å². The molecule has 0 atom stereocenters. The normalized spacial score (nSPS) is 11.5. The van der Waals surface area contributed by atoms with Crippen molar-refractivity contribution in [1.82, 2.24) is 20.2 Å². The van der Waals surface area contributed by atoms with Crippen LogP contribution < -0.4 is 0 Å². The molecule has 3 aromatic rings. The number of nitrogens with zero attached hydrogens (tertiary/aromatic N) is 4. The Morgan fingerprint density at radius 1 is 1.24 bits per heavy atom. The van der Waals surface area contributed by atoms with Gasteiger partial charge in [-0.3, -0.25) is 0 Å². The molecule has 0 bridgehead atoms. The number of thiophene rings is 1. The summed E-state index contributed by atoms with van der Waals surface area (Å²) in [4.78, 5) is 13.6. The number of tetrazole rings is 1. The van der Waals surface area contributed by atoms with E-state index in [4.69, 9.17) is 4.74 Å². The molecular weight excluding hydrogens is 336 g/mol. The molecule has 0 fully saturated rings. The lowest BCUT2D eigenvalue weighted by atomic mass is 10.2. The van der Waals surface area contributed by atoms with E-state index in [0.717, 1.165) is 23.3 Å². The van der Waals surface area contributed by atoms with Crippen LogP contribution in [0.1, 0.15) is 24.6 Å². The second-order valence-corrected chi connectivity index (χ2v) is 6.29.